The summed E-state index contributed by atoms with van der Waals surface area (Å²) in [6.45, 7) is -0.815. The predicted molar refractivity (Wildman–Crippen MR) is 117 cm³/mol. The maximum Gasteiger partial charge on any atom is 0.333 e. The number of ether oxygens (including phenoxy) is 2. The highest BCUT2D eigenvalue weighted by atomic mass is 35.5. The molecular formula is C20H17Cl2F2N5O5. The second-order valence-electron chi connectivity index (χ2n) is 6.50. The van der Waals surface area contributed by atoms with Crippen molar-refractivity contribution in [1.82, 2.24) is 26.3 Å². The second-order valence-corrected chi connectivity index (χ2v) is 7.35. The zero-order valence-electron chi connectivity index (χ0n) is 17.4. The van der Waals surface area contributed by atoms with Crippen molar-refractivity contribution in [3.63, 3.8) is 0 Å². The summed E-state index contributed by atoms with van der Waals surface area (Å²) in [5.41, 5.74) is 5.57. The summed E-state index contributed by atoms with van der Waals surface area (Å²) >= 11 is 12.2. The lowest BCUT2D eigenvalue weighted by atomic mass is 10.1. The van der Waals surface area contributed by atoms with E-state index < -0.39 is 25.0 Å². The number of nitrogens with zero attached hydrogens (tertiary/aromatic N) is 2. The number of hydrogen-bond donors (Lipinski definition) is 3. The van der Waals surface area contributed by atoms with Gasteiger partial charge in [0.05, 0.1) is 30.4 Å². The van der Waals surface area contributed by atoms with Crippen LogP contribution in [0.1, 0.15) is 16.2 Å². The minimum atomic E-state index is -2.68. The predicted octanol–water partition coefficient (Wildman–Crippen LogP) is 3.84. The lowest BCUT2D eigenvalue weighted by Crippen LogP contribution is -2.46. The molecule has 0 aliphatic carbocycles. The molecule has 0 aliphatic rings. The number of carbonyl (C=O) groups excluding carboxylic acids is 2. The van der Waals surface area contributed by atoms with Gasteiger partial charge in [0.1, 0.15) is 12.4 Å². The molecule has 1 aromatic carbocycles. The van der Waals surface area contributed by atoms with Gasteiger partial charge in [0, 0.05) is 22.3 Å². The Labute approximate surface area is 201 Å². The van der Waals surface area contributed by atoms with Crippen LogP contribution in [0, 0.1) is 0 Å². The average molecular weight is 516 g/mol. The Balaban J connectivity index is 1.58. The van der Waals surface area contributed by atoms with Crippen LogP contribution in [0.5, 0.6) is 11.7 Å². The molecule has 0 unspecified atom stereocenters. The highest BCUT2D eigenvalue weighted by Crippen LogP contribution is 2.39. The highest BCUT2D eigenvalue weighted by molar-refractivity contribution is 6.36. The molecular weight excluding hydrogens is 499 g/mol. The molecule has 0 fully saturated rings. The van der Waals surface area contributed by atoms with E-state index in [1.807, 2.05) is 0 Å². The van der Waals surface area contributed by atoms with Gasteiger partial charge in [-0.05, 0) is 18.2 Å². The molecule has 3 N–H and O–H groups in total. The van der Waals surface area contributed by atoms with Crippen molar-refractivity contribution >= 4 is 35.1 Å². The Morgan fingerprint density at radius 1 is 1.18 bits per heavy atom. The van der Waals surface area contributed by atoms with E-state index >= 15 is 0 Å². The fourth-order valence-electron chi connectivity index (χ4n) is 2.61. The van der Waals surface area contributed by atoms with Crippen LogP contribution < -0.4 is 25.6 Å². The van der Waals surface area contributed by atoms with Gasteiger partial charge in [0.2, 0.25) is 0 Å². The first-order chi connectivity index (χ1) is 16.3. The molecule has 0 aliphatic heterocycles. The normalized spacial score (nSPS) is 10.6. The van der Waals surface area contributed by atoms with Gasteiger partial charge in [-0.3, -0.25) is 15.2 Å². The van der Waals surface area contributed by atoms with Gasteiger partial charge in [-0.1, -0.05) is 34.4 Å². The van der Waals surface area contributed by atoms with Gasteiger partial charge < -0.3 is 19.3 Å². The number of pyridine rings is 1. The molecule has 0 saturated carbocycles. The van der Waals surface area contributed by atoms with Crippen molar-refractivity contribution < 1.29 is 32.4 Å². The third-order valence-electron chi connectivity index (χ3n) is 4.14. The molecule has 0 bridgehead atoms. The number of amides is 3. The molecule has 3 aromatic rings. The van der Waals surface area contributed by atoms with E-state index in [0.29, 0.717) is 16.8 Å². The molecule has 3 rings (SSSR count). The van der Waals surface area contributed by atoms with Gasteiger partial charge in [0.25, 0.3) is 12.3 Å². The van der Waals surface area contributed by atoms with Crippen LogP contribution in [-0.4, -0.2) is 42.2 Å². The van der Waals surface area contributed by atoms with Gasteiger partial charge in [-0.15, -0.1) is 0 Å². The molecule has 180 valence electrons. The van der Waals surface area contributed by atoms with Crippen LogP contribution in [0.3, 0.4) is 0 Å². The number of benzene rings is 1. The number of carbonyl (C=O) groups is 2. The van der Waals surface area contributed by atoms with E-state index in [2.05, 4.69) is 26.3 Å². The minimum Gasteiger partial charge on any atom is -0.485 e. The molecule has 10 nitrogen and oxygen atoms in total. The summed E-state index contributed by atoms with van der Waals surface area (Å²) < 4.78 is 39.8. The number of methoxy groups -OCH3 is 1. The molecule has 2 aromatic heterocycles. The number of alkyl halides is 2. The standard InChI is InChI=1S/C20H17Cl2F2N5O5/c1-32-17-6-15(29-34-17)19(30)27-28-20(31)26-8-12-3-2-10(7-25-12)13-4-11(21)5-14(22)18(13)33-9-16(23)24/h2-7,16H,8-9H2,1H3,(H,27,30)(H2,26,28,31). The molecule has 3 amide bonds. The Kier molecular flexibility index (Phi) is 8.44. The van der Waals surface area contributed by atoms with E-state index in [1.165, 1.54) is 31.5 Å². The van der Waals surface area contributed by atoms with Crippen LogP contribution in [-0.2, 0) is 6.54 Å². The van der Waals surface area contributed by atoms with Crippen molar-refractivity contribution in [2.75, 3.05) is 13.7 Å². The topological polar surface area (TPSA) is 128 Å². The number of hydrogen-bond acceptors (Lipinski definition) is 7. The van der Waals surface area contributed by atoms with Crippen LogP contribution >= 0.6 is 23.2 Å². The number of urea groups is 1. The number of nitrogens with one attached hydrogen (secondary N) is 3. The Morgan fingerprint density at radius 3 is 2.62 bits per heavy atom. The van der Waals surface area contributed by atoms with Crippen LogP contribution in [0.4, 0.5) is 13.6 Å². The second kappa shape index (κ2) is 11.5. The molecule has 0 saturated heterocycles. The first-order valence-corrected chi connectivity index (χ1v) is 10.2. The SMILES string of the molecule is COc1cc(C(=O)NNC(=O)NCc2ccc(-c3cc(Cl)cc(Cl)c3OCC(F)F)cn2)no1. The lowest BCUT2D eigenvalue weighted by Gasteiger charge is -2.14. The number of hydrazine groups is 1. The molecule has 14 heteroatoms. The smallest absolute Gasteiger partial charge is 0.333 e. The monoisotopic (exact) mass is 515 g/mol. The molecule has 0 radical (unpaired) electrons. The summed E-state index contributed by atoms with van der Waals surface area (Å²) in [7, 11) is 1.35. The first kappa shape index (κ1) is 25.0. The number of aromatic nitrogens is 2. The van der Waals surface area contributed by atoms with E-state index in [9.17, 15) is 18.4 Å². The first-order valence-electron chi connectivity index (χ1n) is 9.47. The van der Waals surface area contributed by atoms with E-state index in [0.717, 1.165) is 0 Å². The number of halogens is 4. The molecule has 0 atom stereocenters. The highest BCUT2D eigenvalue weighted by Gasteiger charge is 2.16. The van der Waals surface area contributed by atoms with Gasteiger partial charge >= 0.3 is 12.0 Å². The summed E-state index contributed by atoms with van der Waals surface area (Å²) in [5, 5.41) is 6.34. The van der Waals surface area contributed by atoms with Crippen molar-refractivity contribution in [1.29, 1.82) is 0 Å². The average Bonchev–Trinajstić information content (AvgIpc) is 3.30. The maximum atomic E-state index is 12.6. The lowest BCUT2D eigenvalue weighted by molar-refractivity contribution is 0.0822. The largest absolute Gasteiger partial charge is 0.485 e. The van der Waals surface area contributed by atoms with Gasteiger partial charge in [0.15, 0.2) is 5.69 Å². The van der Waals surface area contributed by atoms with Crippen molar-refractivity contribution in [2.45, 2.75) is 13.0 Å². The van der Waals surface area contributed by atoms with Crippen LogP contribution in [0.2, 0.25) is 10.0 Å². The van der Waals surface area contributed by atoms with Crippen LogP contribution in [0.25, 0.3) is 11.1 Å². The minimum absolute atomic E-state index is 0.0187. The quantitative estimate of drug-likeness (QED) is 0.389. The third-order valence-corrected chi connectivity index (χ3v) is 4.64. The Hall–Kier alpha value is -3.64. The summed E-state index contributed by atoms with van der Waals surface area (Å²) in [4.78, 5) is 28.0. The van der Waals surface area contributed by atoms with Gasteiger partial charge in [-0.25, -0.2) is 19.0 Å². The van der Waals surface area contributed by atoms with Crippen molar-refractivity contribution in [3.8, 4) is 22.8 Å². The van der Waals surface area contributed by atoms with E-state index in [-0.39, 0.29) is 34.0 Å². The third kappa shape index (κ3) is 6.68. The summed E-state index contributed by atoms with van der Waals surface area (Å²) in [6, 6.07) is 6.68. The van der Waals surface area contributed by atoms with Crippen LogP contribution in [0.15, 0.2) is 41.1 Å². The molecule has 2 heterocycles. The Bertz CT molecular complexity index is 1160. The number of rotatable bonds is 8. The summed E-state index contributed by atoms with van der Waals surface area (Å²) in [6.07, 6.45) is -1.23. The van der Waals surface area contributed by atoms with E-state index in [1.54, 1.807) is 12.1 Å². The fourth-order valence-corrected chi connectivity index (χ4v) is 3.16. The zero-order chi connectivity index (χ0) is 24.7. The maximum absolute atomic E-state index is 12.6. The van der Waals surface area contributed by atoms with Gasteiger partial charge in [-0.2, -0.15) is 0 Å². The zero-order valence-corrected chi connectivity index (χ0v) is 18.9. The van der Waals surface area contributed by atoms with Crippen molar-refractivity contribution in [3.05, 3.63) is 58.0 Å². The van der Waals surface area contributed by atoms with E-state index in [4.69, 9.17) is 37.2 Å². The summed E-state index contributed by atoms with van der Waals surface area (Å²) in [5.74, 6) is -0.620. The Morgan fingerprint density at radius 2 is 1.97 bits per heavy atom. The molecule has 0 spiro atoms. The fraction of sp³-hybridized carbons (Fsp3) is 0.200. The van der Waals surface area contributed by atoms with Crippen molar-refractivity contribution in [2.24, 2.45) is 0 Å². The molecule has 34 heavy (non-hydrogen) atoms.